The van der Waals surface area contributed by atoms with E-state index in [0.29, 0.717) is 29.6 Å². The van der Waals surface area contributed by atoms with Crippen LogP contribution in [0.25, 0.3) is 0 Å². The highest BCUT2D eigenvalue weighted by Crippen LogP contribution is 2.23. The summed E-state index contributed by atoms with van der Waals surface area (Å²) in [7, 11) is 0. The number of halogens is 3. The molecule has 1 amide bonds. The zero-order valence-corrected chi connectivity index (χ0v) is 12.6. The van der Waals surface area contributed by atoms with Crippen LogP contribution in [0.3, 0.4) is 0 Å². The molecular formula is C12H14BrCl2NO. The molecule has 0 aliphatic rings. The van der Waals surface area contributed by atoms with Gasteiger partial charge in [0.1, 0.15) is 0 Å². The smallest absolute Gasteiger partial charge is 0.253 e. The topological polar surface area (TPSA) is 20.3 Å². The number of carbonyl (C=O) groups is 1. The molecule has 1 aromatic carbocycles. The number of alkyl halides is 1. The average molecular weight is 339 g/mol. The fraction of sp³-hybridized carbons (Fsp3) is 0.417. The molecule has 0 radical (unpaired) electrons. The first-order valence-corrected chi connectivity index (χ1v) is 7.11. The summed E-state index contributed by atoms with van der Waals surface area (Å²) < 4.78 is 0.735. The van der Waals surface area contributed by atoms with Gasteiger partial charge in [0.05, 0.1) is 5.02 Å². The maximum atomic E-state index is 12.2. The maximum absolute atomic E-state index is 12.2. The van der Waals surface area contributed by atoms with Crippen molar-refractivity contribution in [2.45, 2.75) is 13.3 Å². The SMILES string of the molecule is CCN(CCCCl)C(=O)c1ccc(Cl)c(Br)c1. The number of hydrogen-bond acceptors (Lipinski definition) is 1. The fourth-order valence-electron chi connectivity index (χ4n) is 1.47. The molecule has 0 saturated heterocycles. The summed E-state index contributed by atoms with van der Waals surface area (Å²) in [5, 5.41) is 0.602. The number of carbonyl (C=O) groups excluding carboxylic acids is 1. The third-order valence-electron chi connectivity index (χ3n) is 2.40. The summed E-state index contributed by atoms with van der Waals surface area (Å²) in [5.41, 5.74) is 0.637. The summed E-state index contributed by atoms with van der Waals surface area (Å²) in [5.74, 6) is 0.573. The second-order valence-corrected chi connectivity index (χ2v) is 5.20. The van der Waals surface area contributed by atoms with Gasteiger partial charge in [-0.05, 0) is 47.5 Å². The third kappa shape index (κ3) is 4.16. The minimum absolute atomic E-state index is 0.00924. The molecule has 0 unspecified atom stereocenters. The Morgan fingerprint density at radius 2 is 2.18 bits per heavy atom. The first-order valence-electron chi connectivity index (χ1n) is 5.40. The van der Waals surface area contributed by atoms with Crippen LogP contribution in [-0.2, 0) is 0 Å². The molecule has 0 atom stereocenters. The van der Waals surface area contributed by atoms with E-state index < -0.39 is 0 Å². The predicted molar refractivity (Wildman–Crippen MR) is 76.1 cm³/mol. The van der Waals surface area contributed by atoms with Crippen LogP contribution in [-0.4, -0.2) is 29.8 Å². The highest BCUT2D eigenvalue weighted by Gasteiger charge is 2.14. The summed E-state index contributed by atoms with van der Waals surface area (Å²) >= 11 is 14.8. The van der Waals surface area contributed by atoms with E-state index in [1.54, 1.807) is 23.1 Å². The molecule has 2 nitrogen and oxygen atoms in total. The van der Waals surface area contributed by atoms with Gasteiger partial charge in [-0.25, -0.2) is 0 Å². The molecule has 1 aromatic rings. The third-order valence-corrected chi connectivity index (χ3v) is 3.88. The van der Waals surface area contributed by atoms with Crippen LogP contribution < -0.4 is 0 Å². The van der Waals surface area contributed by atoms with Gasteiger partial charge in [0.25, 0.3) is 5.91 Å². The van der Waals surface area contributed by atoms with Gasteiger partial charge in [0.15, 0.2) is 0 Å². The van der Waals surface area contributed by atoms with E-state index in [1.807, 2.05) is 6.92 Å². The largest absolute Gasteiger partial charge is 0.339 e. The molecule has 0 bridgehead atoms. The Morgan fingerprint density at radius 3 is 2.71 bits per heavy atom. The van der Waals surface area contributed by atoms with Crippen molar-refractivity contribution in [2.24, 2.45) is 0 Å². The van der Waals surface area contributed by atoms with Crippen LogP contribution in [0.15, 0.2) is 22.7 Å². The number of amides is 1. The Hall–Kier alpha value is -0.250. The Kier molecular flexibility index (Phi) is 6.31. The zero-order valence-electron chi connectivity index (χ0n) is 9.55. The van der Waals surface area contributed by atoms with Gasteiger partial charge < -0.3 is 4.90 Å². The van der Waals surface area contributed by atoms with Crippen molar-refractivity contribution < 1.29 is 4.79 Å². The van der Waals surface area contributed by atoms with E-state index in [9.17, 15) is 4.79 Å². The van der Waals surface area contributed by atoms with E-state index in [4.69, 9.17) is 23.2 Å². The lowest BCUT2D eigenvalue weighted by Crippen LogP contribution is -2.31. The van der Waals surface area contributed by atoms with E-state index in [-0.39, 0.29) is 5.91 Å². The summed E-state index contributed by atoms with van der Waals surface area (Å²) in [6, 6.07) is 5.20. The Labute approximate surface area is 120 Å². The van der Waals surface area contributed by atoms with Crippen LogP contribution in [0.2, 0.25) is 5.02 Å². The van der Waals surface area contributed by atoms with Crippen molar-refractivity contribution in [3.05, 3.63) is 33.3 Å². The fourth-order valence-corrected chi connectivity index (χ4v) is 2.08. The van der Waals surface area contributed by atoms with Crippen LogP contribution in [0, 0.1) is 0 Å². The van der Waals surface area contributed by atoms with Crippen molar-refractivity contribution in [3.63, 3.8) is 0 Å². The second kappa shape index (κ2) is 7.24. The monoisotopic (exact) mass is 337 g/mol. The number of rotatable bonds is 5. The van der Waals surface area contributed by atoms with Gasteiger partial charge in [0, 0.05) is 29.0 Å². The van der Waals surface area contributed by atoms with Crippen LogP contribution in [0.1, 0.15) is 23.7 Å². The molecule has 0 fully saturated rings. The molecule has 0 heterocycles. The van der Waals surface area contributed by atoms with Gasteiger partial charge in [-0.1, -0.05) is 11.6 Å². The van der Waals surface area contributed by atoms with Gasteiger partial charge in [-0.2, -0.15) is 0 Å². The standard InChI is InChI=1S/C12H14BrCl2NO/c1-2-16(7-3-6-14)12(17)9-4-5-11(15)10(13)8-9/h4-5,8H,2-3,6-7H2,1H3. The normalized spacial score (nSPS) is 10.4. The van der Waals surface area contributed by atoms with Crippen molar-refractivity contribution in [3.8, 4) is 0 Å². The number of hydrogen-bond donors (Lipinski definition) is 0. The Morgan fingerprint density at radius 1 is 1.47 bits per heavy atom. The van der Waals surface area contributed by atoms with Crippen molar-refractivity contribution >= 4 is 45.0 Å². The quantitative estimate of drug-likeness (QED) is 0.737. The highest BCUT2D eigenvalue weighted by molar-refractivity contribution is 9.10. The molecule has 0 saturated carbocycles. The lowest BCUT2D eigenvalue weighted by atomic mass is 10.2. The van der Waals surface area contributed by atoms with Crippen LogP contribution in [0.5, 0.6) is 0 Å². The highest BCUT2D eigenvalue weighted by atomic mass is 79.9. The molecule has 0 aliphatic carbocycles. The van der Waals surface area contributed by atoms with Crippen molar-refractivity contribution in [2.75, 3.05) is 19.0 Å². The lowest BCUT2D eigenvalue weighted by molar-refractivity contribution is 0.0765. The first-order chi connectivity index (χ1) is 8.10. The van der Waals surface area contributed by atoms with Crippen molar-refractivity contribution in [1.29, 1.82) is 0 Å². The van der Waals surface area contributed by atoms with Crippen molar-refractivity contribution in [1.82, 2.24) is 4.90 Å². The van der Waals surface area contributed by atoms with Gasteiger partial charge in [0.2, 0.25) is 0 Å². The van der Waals surface area contributed by atoms with Crippen LogP contribution >= 0.6 is 39.1 Å². The van der Waals surface area contributed by atoms with Gasteiger partial charge in [-0.3, -0.25) is 4.79 Å². The van der Waals surface area contributed by atoms with Gasteiger partial charge in [-0.15, -0.1) is 11.6 Å². The summed E-state index contributed by atoms with van der Waals surface area (Å²) in [4.78, 5) is 13.9. The average Bonchev–Trinajstić information content (AvgIpc) is 2.33. The minimum atomic E-state index is 0.00924. The predicted octanol–water partition coefficient (Wildman–Crippen LogP) is 4.19. The van der Waals surface area contributed by atoms with E-state index in [2.05, 4.69) is 15.9 Å². The Bertz CT molecular complexity index is 398. The number of benzene rings is 1. The molecule has 5 heteroatoms. The molecule has 0 N–H and O–H groups in total. The van der Waals surface area contributed by atoms with E-state index in [0.717, 1.165) is 10.9 Å². The second-order valence-electron chi connectivity index (χ2n) is 3.56. The summed E-state index contributed by atoms with van der Waals surface area (Å²) in [6.45, 7) is 3.31. The van der Waals surface area contributed by atoms with E-state index >= 15 is 0 Å². The number of nitrogens with zero attached hydrogens (tertiary/aromatic N) is 1. The summed E-state index contributed by atoms with van der Waals surface area (Å²) in [6.07, 6.45) is 0.801. The molecule has 1 rings (SSSR count). The molecule has 0 aromatic heterocycles. The lowest BCUT2D eigenvalue weighted by Gasteiger charge is -2.20. The first kappa shape index (κ1) is 14.8. The van der Waals surface area contributed by atoms with Crippen LogP contribution in [0.4, 0.5) is 0 Å². The molecule has 0 aliphatic heterocycles. The maximum Gasteiger partial charge on any atom is 0.253 e. The Balaban J connectivity index is 2.82. The minimum Gasteiger partial charge on any atom is -0.339 e. The molecule has 0 spiro atoms. The molecular weight excluding hydrogens is 325 g/mol. The molecule has 17 heavy (non-hydrogen) atoms. The zero-order chi connectivity index (χ0) is 12.8. The van der Waals surface area contributed by atoms with Gasteiger partial charge >= 0.3 is 0 Å². The van der Waals surface area contributed by atoms with E-state index in [1.165, 1.54) is 0 Å². The molecule has 94 valence electrons.